The Morgan fingerprint density at radius 3 is 2.36 bits per heavy atom. The monoisotopic (exact) mass is 704 g/mol. The number of ketones is 2. The lowest BCUT2D eigenvalue weighted by molar-refractivity contribution is -0.324. The number of carbonyl (C=O) groups is 3. The van der Waals surface area contributed by atoms with Crippen LogP contribution in [0.15, 0.2) is 23.8 Å². The molecule has 3 aliphatic heterocycles. The molecule has 0 saturated carbocycles. The van der Waals surface area contributed by atoms with Crippen molar-refractivity contribution in [3.05, 3.63) is 23.8 Å². The SMILES string of the molecule is C/C=C/C(=O)C[C@@H]1CCC(C)C(CC(=O)CC[C@H](O)[C@H](C)C(=O)NCCC[C@H]2O[C@@]3(CCC[C@@H](CC[C@H](C)/C=C(\C)[C@@H](C)O)O3)CCC2C)O1. The zero-order chi connectivity index (χ0) is 36.8. The first-order valence-electron chi connectivity index (χ1n) is 19.7. The molecule has 11 atom stereocenters. The summed E-state index contributed by atoms with van der Waals surface area (Å²) in [6, 6.07) is 0. The van der Waals surface area contributed by atoms with Gasteiger partial charge in [0.15, 0.2) is 11.6 Å². The van der Waals surface area contributed by atoms with Crippen LogP contribution in [0.25, 0.3) is 0 Å². The number of rotatable bonds is 19. The first-order valence-corrected chi connectivity index (χ1v) is 19.7. The van der Waals surface area contributed by atoms with E-state index in [1.165, 1.54) is 0 Å². The molecular formula is C41H69NO8. The lowest BCUT2D eigenvalue weighted by Gasteiger charge is -2.48. The highest BCUT2D eigenvalue weighted by molar-refractivity contribution is 5.89. The fraction of sp³-hybridized carbons (Fsp3) is 0.829. The second-order valence-corrected chi connectivity index (χ2v) is 15.9. The maximum atomic E-state index is 12.9. The highest BCUT2D eigenvalue weighted by atomic mass is 16.7. The number of ether oxygens (including phenoxy) is 3. The van der Waals surface area contributed by atoms with Crippen molar-refractivity contribution in [3.63, 3.8) is 0 Å². The summed E-state index contributed by atoms with van der Waals surface area (Å²) in [6.07, 6.45) is 15.4. The van der Waals surface area contributed by atoms with Gasteiger partial charge in [0.25, 0.3) is 0 Å². The van der Waals surface area contributed by atoms with Gasteiger partial charge in [-0.2, -0.15) is 0 Å². The molecule has 3 N–H and O–H groups in total. The molecule has 0 aromatic heterocycles. The molecule has 0 bridgehead atoms. The van der Waals surface area contributed by atoms with Gasteiger partial charge in [-0.15, -0.1) is 0 Å². The van der Waals surface area contributed by atoms with Crippen molar-refractivity contribution < 1.29 is 38.8 Å². The molecule has 286 valence electrons. The number of aliphatic hydroxyl groups is 2. The van der Waals surface area contributed by atoms with E-state index in [0.717, 1.165) is 76.2 Å². The summed E-state index contributed by atoms with van der Waals surface area (Å²) >= 11 is 0. The van der Waals surface area contributed by atoms with Crippen molar-refractivity contribution in [2.45, 2.75) is 187 Å². The van der Waals surface area contributed by atoms with Gasteiger partial charge in [0.1, 0.15) is 5.78 Å². The standard InChI is InChI=1S/C41H69NO8/c1-8-11-33(44)25-36-18-15-28(3)39(48-36)26-34(45)16-19-37(46)31(6)40(47)42-23-10-13-38-29(4)20-22-41(50-38)21-9-12-35(49-41)17-14-27(2)24-30(5)32(7)43/h8,11,24,27-29,31-32,35-39,43,46H,9-10,12-23,25-26H2,1-7H3,(H,42,47)/b11-8+,30-24+/t27-,28?,29?,31-,32+,35-,36-,37-,38+,39?,41-/m0/s1. The molecule has 3 heterocycles. The van der Waals surface area contributed by atoms with Gasteiger partial charge < -0.3 is 29.7 Å². The summed E-state index contributed by atoms with van der Waals surface area (Å²) < 4.78 is 19.5. The first-order chi connectivity index (χ1) is 23.7. The van der Waals surface area contributed by atoms with E-state index in [2.05, 4.69) is 32.2 Å². The Morgan fingerprint density at radius 1 is 0.900 bits per heavy atom. The van der Waals surface area contributed by atoms with Crippen molar-refractivity contribution in [2.24, 2.45) is 23.7 Å². The number of Topliss-reactive ketones (excluding diaryl/α,β-unsaturated/α-hetero) is 1. The predicted molar refractivity (Wildman–Crippen MR) is 196 cm³/mol. The van der Waals surface area contributed by atoms with E-state index >= 15 is 0 Å². The number of carbonyl (C=O) groups excluding carboxylic acids is 3. The average Bonchev–Trinajstić information content (AvgIpc) is 3.07. The Bertz CT molecular complexity index is 1140. The lowest BCUT2D eigenvalue weighted by atomic mass is 9.85. The van der Waals surface area contributed by atoms with Crippen molar-refractivity contribution in [1.29, 1.82) is 0 Å². The van der Waals surface area contributed by atoms with Crippen LogP contribution in [-0.2, 0) is 28.6 Å². The van der Waals surface area contributed by atoms with Gasteiger partial charge in [-0.1, -0.05) is 39.8 Å². The number of hydrogen-bond acceptors (Lipinski definition) is 8. The minimum absolute atomic E-state index is 0.0103. The summed E-state index contributed by atoms with van der Waals surface area (Å²) in [7, 11) is 0. The Morgan fingerprint density at radius 2 is 1.64 bits per heavy atom. The van der Waals surface area contributed by atoms with Crippen LogP contribution in [0.1, 0.15) is 145 Å². The van der Waals surface area contributed by atoms with Gasteiger partial charge >= 0.3 is 0 Å². The van der Waals surface area contributed by atoms with Gasteiger partial charge in [-0.3, -0.25) is 14.4 Å². The third kappa shape index (κ3) is 13.9. The van der Waals surface area contributed by atoms with Crippen LogP contribution < -0.4 is 5.32 Å². The van der Waals surface area contributed by atoms with Crippen LogP contribution in [0.2, 0.25) is 0 Å². The highest BCUT2D eigenvalue weighted by Gasteiger charge is 2.44. The van der Waals surface area contributed by atoms with E-state index in [-0.39, 0.29) is 67.1 Å². The average molecular weight is 704 g/mol. The van der Waals surface area contributed by atoms with Crippen LogP contribution in [0.5, 0.6) is 0 Å². The molecule has 9 nitrogen and oxygen atoms in total. The third-order valence-corrected chi connectivity index (χ3v) is 11.4. The molecule has 1 spiro atoms. The summed E-state index contributed by atoms with van der Waals surface area (Å²) in [5, 5.41) is 23.5. The normalized spacial score (nSPS) is 31.7. The molecule has 1 amide bonds. The topological polar surface area (TPSA) is 131 Å². The second kappa shape index (κ2) is 21.0. The quantitative estimate of drug-likeness (QED) is 0.0734. The van der Waals surface area contributed by atoms with E-state index < -0.39 is 23.9 Å². The molecule has 3 saturated heterocycles. The van der Waals surface area contributed by atoms with Crippen LogP contribution in [0.3, 0.4) is 0 Å². The largest absolute Gasteiger partial charge is 0.392 e. The minimum Gasteiger partial charge on any atom is -0.392 e. The second-order valence-electron chi connectivity index (χ2n) is 15.9. The summed E-state index contributed by atoms with van der Waals surface area (Å²) in [6.45, 7) is 14.3. The van der Waals surface area contributed by atoms with Gasteiger partial charge in [0.05, 0.1) is 42.5 Å². The molecule has 0 radical (unpaired) electrons. The van der Waals surface area contributed by atoms with Crippen LogP contribution in [0, 0.1) is 23.7 Å². The molecule has 50 heavy (non-hydrogen) atoms. The summed E-state index contributed by atoms with van der Waals surface area (Å²) in [5.74, 6) is -0.253. The third-order valence-electron chi connectivity index (χ3n) is 11.4. The Labute approximate surface area is 302 Å². The maximum absolute atomic E-state index is 12.9. The molecule has 3 fully saturated rings. The number of hydrogen-bond donors (Lipinski definition) is 3. The minimum atomic E-state index is -0.908. The Balaban J connectivity index is 1.36. The number of aliphatic hydroxyl groups excluding tert-OH is 2. The van der Waals surface area contributed by atoms with Gasteiger partial charge in [-0.05, 0) is 114 Å². The zero-order valence-electron chi connectivity index (χ0n) is 32.2. The predicted octanol–water partition coefficient (Wildman–Crippen LogP) is 7.16. The van der Waals surface area contributed by atoms with Crippen LogP contribution >= 0.6 is 0 Å². The first kappa shape index (κ1) is 42.5. The van der Waals surface area contributed by atoms with Crippen molar-refractivity contribution >= 4 is 17.5 Å². The van der Waals surface area contributed by atoms with Crippen LogP contribution in [0.4, 0.5) is 0 Å². The van der Waals surface area contributed by atoms with Crippen molar-refractivity contribution in [1.82, 2.24) is 5.32 Å². The molecule has 0 aliphatic carbocycles. The fourth-order valence-corrected chi connectivity index (χ4v) is 7.74. The summed E-state index contributed by atoms with van der Waals surface area (Å²) in [5.41, 5.74) is 1.02. The molecule has 3 unspecified atom stereocenters. The van der Waals surface area contributed by atoms with E-state index in [1.54, 1.807) is 26.0 Å². The van der Waals surface area contributed by atoms with Crippen molar-refractivity contribution in [2.75, 3.05) is 6.54 Å². The Hall–Kier alpha value is -1.91. The van der Waals surface area contributed by atoms with Gasteiger partial charge in [0, 0.05) is 38.6 Å². The van der Waals surface area contributed by atoms with E-state index in [4.69, 9.17) is 14.2 Å². The van der Waals surface area contributed by atoms with Crippen molar-refractivity contribution in [3.8, 4) is 0 Å². The maximum Gasteiger partial charge on any atom is 0.225 e. The number of allylic oxidation sites excluding steroid dienone is 3. The molecule has 0 aromatic rings. The van der Waals surface area contributed by atoms with E-state index in [1.807, 2.05) is 13.8 Å². The van der Waals surface area contributed by atoms with Crippen LogP contribution in [-0.4, -0.2) is 76.6 Å². The van der Waals surface area contributed by atoms with E-state index in [9.17, 15) is 24.6 Å². The Kier molecular flexibility index (Phi) is 17.8. The molecule has 9 heteroatoms. The zero-order valence-corrected chi connectivity index (χ0v) is 32.2. The number of amides is 1. The molecule has 3 aliphatic rings. The highest BCUT2D eigenvalue weighted by Crippen LogP contribution is 2.43. The fourth-order valence-electron chi connectivity index (χ4n) is 7.74. The van der Waals surface area contributed by atoms with Gasteiger partial charge in [-0.25, -0.2) is 0 Å². The van der Waals surface area contributed by atoms with Gasteiger partial charge in [0.2, 0.25) is 5.91 Å². The van der Waals surface area contributed by atoms with E-state index in [0.29, 0.717) is 24.8 Å². The summed E-state index contributed by atoms with van der Waals surface area (Å²) in [4.78, 5) is 37.7. The molecule has 0 aromatic carbocycles. The molecule has 3 rings (SSSR count). The smallest absolute Gasteiger partial charge is 0.225 e. The lowest BCUT2D eigenvalue weighted by Crippen LogP contribution is -2.50. The molecular weight excluding hydrogens is 634 g/mol. The number of nitrogens with one attached hydrogen (secondary N) is 1.